The standard InChI is InChI=1S/C16H16N2O2/c1-10(2)7-15-18-14(16(19)20-15)8-11-9-17-13-6-4-3-5-12(11)13/h3-6,8-10,19H,7H2,1-2H3/b11-8+. The summed E-state index contributed by atoms with van der Waals surface area (Å²) < 4.78 is 5.28. The monoisotopic (exact) mass is 268 g/mol. The molecule has 20 heavy (non-hydrogen) atoms. The molecule has 0 unspecified atom stereocenters. The molecule has 0 saturated carbocycles. The smallest absolute Gasteiger partial charge is 0.310 e. The van der Waals surface area contributed by atoms with Crippen LogP contribution >= 0.6 is 0 Å². The fourth-order valence-electron chi connectivity index (χ4n) is 2.20. The van der Waals surface area contributed by atoms with E-state index in [0.717, 1.165) is 16.8 Å². The first-order valence-corrected chi connectivity index (χ1v) is 6.67. The number of aliphatic imine (C=N–C) groups is 1. The topological polar surface area (TPSA) is 58.6 Å². The molecule has 0 saturated heterocycles. The molecule has 2 aromatic rings. The lowest BCUT2D eigenvalue weighted by Gasteiger charge is -1.97. The van der Waals surface area contributed by atoms with Gasteiger partial charge in [0.15, 0.2) is 5.89 Å². The van der Waals surface area contributed by atoms with E-state index in [1.807, 2.05) is 24.3 Å². The van der Waals surface area contributed by atoms with Gasteiger partial charge in [0.1, 0.15) is 5.69 Å². The van der Waals surface area contributed by atoms with Crippen molar-refractivity contribution in [1.29, 1.82) is 0 Å². The summed E-state index contributed by atoms with van der Waals surface area (Å²) in [5, 5.41) is 9.83. The van der Waals surface area contributed by atoms with Gasteiger partial charge in [0.2, 0.25) is 0 Å². The Kier molecular flexibility index (Phi) is 3.14. The maximum Gasteiger partial charge on any atom is 0.310 e. The van der Waals surface area contributed by atoms with Gasteiger partial charge in [-0.15, -0.1) is 0 Å². The number of nitrogens with zero attached hydrogens (tertiary/aromatic N) is 2. The van der Waals surface area contributed by atoms with Crippen molar-refractivity contribution >= 4 is 23.6 Å². The van der Waals surface area contributed by atoms with Crippen molar-refractivity contribution in [2.45, 2.75) is 20.3 Å². The van der Waals surface area contributed by atoms with Crippen LogP contribution in [0.15, 0.2) is 33.7 Å². The number of para-hydroxylation sites is 1. The van der Waals surface area contributed by atoms with E-state index in [2.05, 4.69) is 23.8 Å². The highest BCUT2D eigenvalue weighted by Gasteiger charge is 2.15. The quantitative estimate of drug-likeness (QED) is 0.920. The first-order valence-electron chi connectivity index (χ1n) is 6.67. The zero-order valence-electron chi connectivity index (χ0n) is 11.5. The number of hydrogen-bond donors (Lipinski definition) is 1. The van der Waals surface area contributed by atoms with Gasteiger partial charge in [-0.2, -0.15) is 0 Å². The van der Waals surface area contributed by atoms with E-state index >= 15 is 0 Å². The molecule has 1 aliphatic rings. The average molecular weight is 268 g/mol. The maximum absolute atomic E-state index is 9.83. The van der Waals surface area contributed by atoms with Crippen molar-refractivity contribution in [1.82, 2.24) is 4.98 Å². The van der Waals surface area contributed by atoms with Crippen molar-refractivity contribution in [3.63, 3.8) is 0 Å². The molecule has 0 fully saturated rings. The molecular formula is C16H16N2O2. The summed E-state index contributed by atoms with van der Waals surface area (Å²) in [6.07, 6.45) is 4.29. The second-order valence-corrected chi connectivity index (χ2v) is 5.27. The molecule has 0 amide bonds. The van der Waals surface area contributed by atoms with Crippen LogP contribution in [0.5, 0.6) is 5.95 Å². The van der Waals surface area contributed by atoms with Gasteiger partial charge in [-0.1, -0.05) is 32.0 Å². The summed E-state index contributed by atoms with van der Waals surface area (Å²) in [5.74, 6) is 0.862. The molecule has 4 nitrogen and oxygen atoms in total. The fourth-order valence-corrected chi connectivity index (χ4v) is 2.20. The van der Waals surface area contributed by atoms with Crippen LogP contribution in [0.1, 0.15) is 31.0 Å². The predicted octanol–water partition coefficient (Wildman–Crippen LogP) is 3.84. The zero-order valence-corrected chi connectivity index (χ0v) is 11.5. The van der Waals surface area contributed by atoms with E-state index in [-0.39, 0.29) is 5.95 Å². The Morgan fingerprint density at radius 1 is 1.30 bits per heavy atom. The zero-order chi connectivity index (χ0) is 14.1. The van der Waals surface area contributed by atoms with E-state index in [1.54, 1.807) is 12.3 Å². The molecule has 0 aliphatic carbocycles. The number of rotatable bonds is 3. The van der Waals surface area contributed by atoms with E-state index in [4.69, 9.17) is 4.42 Å². The molecule has 2 heterocycles. The summed E-state index contributed by atoms with van der Waals surface area (Å²) in [6.45, 7) is 4.17. The average Bonchev–Trinajstić information content (AvgIpc) is 2.95. The summed E-state index contributed by atoms with van der Waals surface area (Å²) in [7, 11) is 0. The van der Waals surface area contributed by atoms with Crippen molar-refractivity contribution in [3.8, 4) is 5.95 Å². The molecule has 1 aliphatic heterocycles. The number of fused-ring (bicyclic) bond motifs is 1. The molecule has 1 aromatic heterocycles. The van der Waals surface area contributed by atoms with Gasteiger partial charge in [-0.05, 0) is 18.1 Å². The molecule has 102 valence electrons. The molecule has 0 bridgehead atoms. The van der Waals surface area contributed by atoms with Crippen LogP contribution in [0, 0.1) is 5.92 Å². The largest absolute Gasteiger partial charge is 0.479 e. The molecular weight excluding hydrogens is 252 g/mol. The van der Waals surface area contributed by atoms with Gasteiger partial charge >= 0.3 is 5.95 Å². The van der Waals surface area contributed by atoms with Crippen LogP contribution in [-0.2, 0) is 6.42 Å². The van der Waals surface area contributed by atoms with Gasteiger partial charge in [0.05, 0.1) is 5.69 Å². The third kappa shape index (κ3) is 2.37. The van der Waals surface area contributed by atoms with Crippen LogP contribution in [-0.4, -0.2) is 16.3 Å². The molecule has 1 aromatic carbocycles. The Labute approximate surface area is 117 Å². The highest BCUT2D eigenvalue weighted by atomic mass is 16.5. The number of allylic oxidation sites excluding steroid dienone is 1. The maximum atomic E-state index is 9.83. The molecule has 1 N–H and O–H groups in total. The number of oxazole rings is 1. The second kappa shape index (κ2) is 4.96. The SMILES string of the molecule is CC(C)Cc1nc(/C=C2\C=Nc3ccccc32)c(O)o1. The third-order valence-corrected chi connectivity index (χ3v) is 3.11. The third-order valence-electron chi connectivity index (χ3n) is 3.11. The molecule has 0 spiro atoms. The minimum atomic E-state index is -0.133. The van der Waals surface area contributed by atoms with Crippen molar-refractivity contribution in [2.75, 3.05) is 0 Å². The highest BCUT2D eigenvalue weighted by molar-refractivity contribution is 6.21. The van der Waals surface area contributed by atoms with Gasteiger partial charge in [0, 0.05) is 23.8 Å². The Morgan fingerprint density at radius 3 is 2.90 bits per heavy atom. The first kappa shape index (κ1) is 12.7. The molecule has 4 heteroatoms. The van der Waals surface area contributed by atoms with Crippen molar-refractivity contribution < 1.29 is 9.52 Å². The van der Waals surface area contributed by atoms with Crippen LogP contribution in [0.2, 0.25) is 0 Å². The Hall–Kier alpha value is -2.36. The Balaban J connectivity index is 1.94. The lowest BCUT2D eigenvalue weighted by molar-refractivity contribution is 0.311. The van der Waals surface area contributed by atoms with Gasteiger partial charge < -0.3 is 9.52 Å². The first-order chi connectivity index (χ1) is 9.63. The lowest BCUT2D eigenvalue weighted by Crippen LogP contribution is -1.93. The van der Waals surface area contributed by atoms with Crippen LogP contribution in [0.25, 0.3) is 11.6 Å². The molecule has 0 radical (unpaired) electrons. The number of aromatic hydroxyl groups is 1. The lowest BCUT2D eigenvalue weighted by atomic mass is 10.1. The van der Waals surface area contributed by atoms with Gasteiger partial charge in [-0.25, -0.2) is 4.98 Å². The fraction of sp³-hybridized carbons (Fsp3) is 0.250. The van der Waals surface area contributed by atoms with E-state index in [1.165, 1.54) is 0 Å². The van der Waals surface area contributed by atoms with Crippen LogP contribution in [0.3, 0.4) is 0 Å². The second-order valence-electron chi connectivity index (χ2n) is 5.27. The van der Waals surface area contributed by atoms with Crippen molar-refractivity contribution in [2.24, 2.45) is 10.9 Å². The van der Waals surface area contributed by atoms with Crippen molar-refractivity contribution in [3.05, 3.63) is 41.4 Å². The Bertz CT molecular complexity index is 696. The predicted molar refractivity (Wildman–Crippen MR) is 79.2 cm³/mol. The number of hydrogen-bond acceptors (Lipinski definition) is 4. The summed E-state index contributed by atoms with van der Waals surface area (Å²) in [4.78, 5) is 8.66. The summed E-state index contributed by atoms with van der Waals surface area (Å²) in [6, 6.07) is 7.88. The van der Waals surface area contributed by atoms with Crippen LogP contribution in [0.4, 0.5) is 5.69 Å². The number of aromatic nitrogens is 1. The van der Waals surface area contributed by atoms with Gasteiger partial charge in [-0.3, -0.25) is 4.99 Å². The van der Waals surface area contributed by atoms with E-state index < -0.39 is 0 Å². The summed E-state index contributed by atoms with van der Waals surface area (Å²) in [5.41, 5.74) is 3.36. The van der Waals surface area contributed by atoms with E-state index in [0.29, 0.717) is 23.9 Å². The molecule has 3 rings (SSSR count). The minimum Gasteiger partial charge on any atom is -0.479 e. The summed E-state index contributed by atoms with van der Waals surface area (Å²) >= 11 is 0. The molecule has 0 atom stereocenters. The Morgan fingerprint density at radius 2 is 2.10 bits per heavy atom. The van der Waals surface area contributed by atoms with Crippen LogP contribution < -0.4 is 0 Å². The minimum absolute atomic E-state index is 0.133. The van der Waals surface area contributed by atoms with E-state index in [9.17, 15) is 5.11 Å². The normalized spacial score (nSPS) is 15.2. The number of benzene rings is 1. The van der Waals surface area contributed by atoms with Gasteiger partial charge in [0.25, 0.3) is 0 Å². The highest BCUT2D eigenvalue weighted by Crippen LogP contribution is 2.33.